The number of carbonyl (C=O) groups is 2. The number of rotatable bonds is 8. The van der Waals surface area contributed by atoms with Gasteiger partial charge >= 0.3 is 0 Å². The number of nitrogens with one attached hydrogen (secondary N) is 2. The molecule has 26 heavy (non-hydrogen) atoms. The van der Waals surface area contributed by atoms with Crippen molar-refractivity contribution in [2.75, 3.05) is 13.1 Å². The molecule has 140 valence electrons. The molecule has 2 aliphatic rings. The summed E-state index contributed by atoms with van der Waals surface area (Å²) in [7, 11) is 0. The summed E-state index contributed by atoms with van der Waals surface area (Å²) in [6.45, 7) is 0.661. The largest absolute Gasteiger partial charge is 0.354 e. The van der Waals surface area contributed by atoms with Crippen LogP contribution in [-0.4, -0.2) is 35.1 Å². The van der Waals surface area contributed by atoms with E-state index in [0.717, 1.165) is 30.6 Å². The zero-order valence-corrected chi connectivity index (χ0v) is 15.3. The third-order valence-corrected chi connectivity index (χ3v) is 6.09. The fraction of sp³-hybridized carbons (Fsp3) is 0.556. The molecule has 0 spiro atoms. The van der Waals surface area contributed by atoms with E-state index in [9.17, 15) is 19.7 Å². The number of nitro benzene ring substituents is 1. The zero-order valence-electron chi connectivity index (χ0n) is 14.5. The molecule has 1 aromatic carbocycles. The highest BCUT2D eigenvalue weighted by Gasteiger charge is 2.29. The average Bonchev–Trinajstić information content (AvgIpc) is 3.36. The summed E-state index contributed by atoms with van der Waals surface area (Å²) in [5.74, 6) is -0.168. The van der Waals surface area contributed by atoms with Gasteiger partial charge in [-0.05, 0) is 31.7 Å². The molecule has 2 saturated carbocycles. The van der Waals surface area contributed by atoms with Gasteiger partial charge in [0, 0.05) is 41.3 Å². The summed E-state index contributed by atoms with van der Waals surface area (Å²) in [4.78, 5) is 35.5. The predicted octanol–water partition coefficient (Wildman–Crippen LogP) is 2.89. The standard InChI is InChI=1S/C18H23N3O4S/c22-17(12-5-6-12)19-9-10-20-18(23)15-11-13(21(24)25)7-8-16(15)26-14-3-1-2-4-14/h7-8,11-12,14H,1-6,9-10H2,(H,19,22)(H,20,23). The smallest absolute Gasteiger partial charge is 0.270 e. The normalized spacial score (nSPS) is 17.1. The first-order valence-corrected chi connectivity index (χ1v) is 9.93. The molecule has 0 aromatic heterocycles. The molecule has 0 aliphatic heterocycles. The van der Waals surface area contributed by atoms with Crippen LogP contribution in [0.2, 0.25) is 0 Å². The molecule has 1 aromatic rings. The van der Waals surface area contributed by atoms with Crippen LogP contribution < -0.4 is 10.6 Å². The van der Waals surface area contributed by atoms with Crippen LogP contribution in [0, 0.1) is 16.0 Å². The molecule has 3 rings (SSSR count). The number of thioether (sulfide) groups is 1. The maximum atomic E-state index is 12.5. The van der Waals surface area contributed by atoms with E-state index in [4.69, 9.17) is 0 Å². The molecule has 0 saturated heterocycles. The number of non-ortho nitro benzene ring substituents is 1. The molecule has 2 N–H and O–H groups in total. The van der Waals surface area contributed by atoms with Gasteiger partial charge in [0.25, 0.3) is 11.6 Å². The van der Waals surface area contributed by atoms with Crippen molar-refractivity contribution >= 4 is 29.3 Å². The molecule has 0 heterocycles. The van der Waals surface area contributed by atoms with Gasteiger partial charge in [0.2, 0.25) is 5.91 Å². The third-order valence-electron chi connectivity index (χ3n) is 4.67. The highest BCUT2D eigenvalue weighted by atomic mass is 32.2. The second kappa shape index (κ2) is 8.53. The van der Waals surface area contributed by atoms with Gasteiger partial charge in [-0.15, -0.1) is 11.8 Å². The van der Waals surface area contributed by atoms with Crippen molar-refractivity contribution in [3.05, 3.63) is 33.9 Å². The Bertz CT molecular complexity index is 700. The van der Waals surface area contributed by atoms with Gasteiger partial charge in [0.15, 0.2) is 0 Å². The lowest BCUT2D eigenvalue weighted by Gasteiger charge is -2.13. The van der Waals surface area contributed by atoms with Gasteiger partial charge in [0.1, 0.15) is 0 Å². The van der Waals surface area contributed by atoms with Gasteiger partial charge in [0.05, 0.1) is 10.5 Å². The Morgan fingerprint density at radius 1 is 1.12 bits per heavy atom. The SMILES string of the molecule is O=C(NCCNC(=O)C1CC1)c1cc([N+](=O)[O-])ccc1SC1CCCC1. The third kappa shape index (κ3) is 4.97. The Labute approximate surface area is 156 Å². The fourth-order valence-electron chi connectivity index (χ4n) is 3.04. The minimum absolute atomic E-state index is 0.0343. The van der Waals surface area contributed by atoms with Gasteiger partial charge in [-0.25, -0.2) is 0 Å². The molecule has 7 nitrogen and oxygen atoms in total. The van der Waals surface area contributed by atoms with Crippen LogP contribution in [-0.2, 0) is 4.79 Å². The molecular weight excluding hydrogens is 354 g/mol. The molecule has 2 fully saturated rings. The van der Waals surface area contributed by atoms with E-state index in [0.29, 0.717) is 23.9 Å². The number of nitro groups is 1. The first-order chi connectivity index (χ1) is 12.5. The lowest BCUT2D eigenvalue weighted by Crippen LogP contribution is -2.35. The van der Waals surface area contributed by atoms with Gasteiger partial charge in [-0.3, -0.25) is 19.7 Å². The highest BCUT2D eigenvalue weighted by Crippen LogP contribution is 2.37. The summed E-state index contributed by atoms with van der Waals surface area (Å²) in [6.07, 6.45) is 6.47. The topological polar surface area (TPSA) is 101 Å². The van der Waals surface area contributed by atoms with Crippen molar-refractivity contribution in [1.29, 1.82) is 0 Å². The number of amides is 2. The molecule has 0 radical (unpaired) electrons. The van der Waals surface area contributed by atoms with E-state index in [1.54, 1.807) is 17.8 Å². The van der Waals surface area contributed by atoms with Crippen molar-refractivity contribution in [2.45, 2.75) is 48.7 Å². The Balaban J connectivity index is 1.61. The van der Waals surface area contributed by atoms with Crippen molar-refractivity contribution in [3.63, 3.8) is 0 Å². The molecular formula is C18H23N3O4S. The van der Waals surface area contributed by atoms with E-state index in [-0.39, 0.29) is 23.4 Å². The van der Waals surface area contributed by atoms with Crippen molar-refractivity contribution in [3.8, 4) is 0 Å². The predicted molar refractivity (Wildman–Crippen MR) is 99.3 cm³/mol. The van der Waals surface area contributed by atoms with Crippen LogP contribution in [0.1, 0.15) is 48.9 Å². The second-order valence-electron chi connectivity index (χ2n) is 6.78. The lowest BCUT2D eigenvalue weighted by atomic mass is 10.2. The summed E-state index contributed by atoms with van der Waals surface area (Å²) < 4.78 is 0. The van der Waals surface area contributed by atoms with E-state index >= 15 is 0 Å². The summed E-state index contributed by atoms with van der Waals surface area (Å²) >= 11 is 1.63. The Morgan fingerprint density at radius 3 is 2.46 bits per heavy atom. The summed E-state index contributed by atoms with van der Waals surface area (Å²) in [5, 5.41) is 17.1. The fourth-order valence-corrected chi connectivity index (χ4v) is 4.40. The van der Waals surface area contributed by atoms with Crippen LogP contribution in [0.15, 0.2) is 23.1 Å². The van der Waals surface area contributed by atoms with E-state index in [2.05, 4.69) is 10.6 Å². The Kier molecular flexibility index (Phi) is 6.13. The first-order valence-electron chi connectivity index (χ1n) is 9.05. The number of carbonyl (C=O) groups excluding carboxylic acids is 2. The van der Waals surface area contributed by atoms with Crippen LogP contribution in [0.5, 0.6) is 0 Å². The molecule has 2 aliphatic carbocycles. The number of hydrogen-bond acceptors (Lipinski definition) is 5. The van der Waals surface area contributed by atoms with Crippen molar-refractivity contribution < 1.29 is 14.5 Å². The van der Waals surface area contributed by atoms with Crippen LogP contribution >= 0.6 is 11.8 Å². The number of hydrogen-bond donors (Lipinski definition) is 2. The van der Waals surface area contributed by atoms with Gasteiger partial charge in [-0.2, -0.15) is 0 Å². The Hall–Kier alpha value is -2.09. The van der Waals surface area contributed by atoms with E-state index in [1.807, 2.05) is 0 Å². The van der Waals surface area contributed by atoms with Gasteiger partial charge < -0.3 is 10.6 Å². The lowest BCUT2D eigenvalue weighted by molar-refractivity contribution is -0.384. The highest BCUT2D eigenvalue weighted by molar-refractivity contribution is 8.00. The maximum Gasteiger partial charge on any atom is 0.270 e. The molecule has 0 atom stereocenters. The number of nitrogens with zero attached hydrogens (tertiary/aromatic N) is 1. The van der Waals surface area contributed by atoms with Crippen LogP contribution in [0.3, 0.4) is 0 Å². The van der Waals surface area contributed by atoms with E-state index in [1.165, 1.54) is 25.0 Å². The van der Waals surface area contributed by atoms with Crippen molar-refractivity contribution in [1.82, 2.24) is 10.6 Å². The van der Waals surface area contributed by atoms with Crippen molar-refractivity contribution in [2.24, 2.45) is 5.92 Å². The second-order valence-corrected chi connectivity index (χ2v) is 8.13. The summed E-state index contributed by atoms with van der Waals surface area (Å²) in [6, 6.07) is 4.46. The minimum atomic E-state index is -0.489. The van der Waals surface area contributed by atoms with Crippen LogP contribution in [0.25, 0.3) is 0 Å². The molecule has 0 unspecified atom stereocenters. The minimum Gasteiger partial charge on any atom is -0.354 e. The van der Waals surface area contributed by atoms with Crippen LogP contribution in [0.4, 0.5) is 5.69 Å². The monoisotopic (exact) mass is 377 g/mol. The van der Waals surface area contributed by atoms with Gasteiger partial charge in [-0.1, -0.05) is 12.8 Å². The quantitative estimate of drug-likeness (QED) is 0.412. The Morgan fingerprint density at radius 2 is 1.81 bits per heavy atom. The maximum absolute atomic E-state index is 12.5. The number of benzene rings is 1. The first kappa shape index (κ1) is 18.7. The van der Waals surface area contributed by atoms with E-state index < -0.39 is 4.92 Å². The molecule has 2 amide bonds. The molecule has 0 bridgehead atoms. The zero-order chi connectivity index (χ0) is 18.5. The average molecular weight is 377 g/mol. The molecule has 8 heteroatoms. The summed E-state index contributed by atoms with van der Waals surface area (Å²) in [5.41, 5.74) is 0.248.